The molecule has 0 aromatic heterocycles. The fourth-order valence-corrected chi connectivity index (χ4v) is 1.50. The summed E-state index contributed by atoms with van der Waals surface area (Å²) < 4.78 is 10.2. The summed E-state index contributed by atoms with van der Waals surface area (Å²) in [6.45, 7) is 4.73. The van der Waals surface area contributed by atoms with E-state index >= 15 is 0 Å². The number of carbonyl (C=O) groups is 1. The van der Waals surface area contributed by atoms with E-state index in [4.69, 9.17) is 15.2 Å². The number of benzene rings is 1. The number of ether oxygens (including phenoxy) is 2. The number of carbonyl (C=O) groups excluding carboxylic acids is 1. The van der Waals surface area contributed by atoms with E-state index in [0.29, 0.717) is 13.2 Å². The van der Waals surface area contributed by atoms with Crippen LogP contribution in [0.5, 0.6) is 5.75 Å². The second-order valence-corrected chi connectivity index (χ2v) is 3.62. The first-order valence-corrected chi connectivity index (χ1v) is 5.81. The van der Waals surface area contributed by atoms with E-state index in [1.807, 2.05) is 31.2 Å². The zero-order chi connectivity index (χ0) is 12.7. The van der Waals surface area contributed by atoms with Crippen LogP contribution in [0.3, 0.4) is 0 Å². The minimum absolute atomic E-state index is 0.196. The summed E-state index contributed by atoms with van der Waals surface area (Å²) >= 11 is 0. The Balaban J connectivity index is 2.56. The highest BCUT2D eigenvalue weighted by Crippen LogP contribution is 2.18. The van der Waals surface area contributed by atoms with Crippen molar-refractivity contribution in [3.63, 3.8) is 0 Å². The zero-order valence-electron chi connectivity index (χ0n) is 10.3. The van der Waals surface area contributed by atoms with Gasteiger partial charge in [-0.3, -0.25) is 4.79 Å². The molecule has 1 aromatic rings. The van der Waals surface area contributed by atoms with Gasteiger partial charge in [0.25, 0.3) is 0 Å². The average molecular weight is 237 g/mol. The van der Waals surface area contributed by atoms with E-state index in [1.165, 1.54) is 0 Å². The van der Waals surface area contributed by atoms with E-state index in [2.05, 4.69) is 0 Å². The van der Waals surface area contributed by atoms with E-state index in [-0.39, 0.29) is 18.4 Å². The summed E-state index contributed by atoms with van der Waals surface area (Å²) in [5.41, 5.74) is 6.81. The Bertz CT molecular complexity index is 348. The third kappa shape index (κ3) is 4.44. The van der Waals surface area contributed by atoms with Gasteiger partial charge in [0.1, 0.15) is 5.75 Å². The molecule has 0 saturated heterocycles. The second-order valence-electron chi connectivity index (χ2n) is 3.62. The molecule has 94 valence electrons. The molecule has 0 saturated carbocycles. The van der Waals surface area contributed by atoms with E-state index < -0.39 is 0 Å². The maximum Gasteiger partial charge on any atom is 0.307 e. The highest BCUT2D eigenvalue weighted by atomic mass is 16.5. The normalized spacial score (nSPS) is 11.9. The lowest BCUT2D eigenvalue weighted by Crippen LogP contribution is -2.17. The van der Waals surface area contributed by atoms with Gasteiger partial charge in [-0.05, 0) is 31.5 Å². The molecule has 0 heterocycles. The molecule has 0 aliphatic carbocycles. The van der Waals surface area contributed by atoms with Crippen molar-refractivity contribution in [1.82, 2.24) is 0 Å². The topological polar surface area (TPSA) is 61.5 Å². The molecular weight excluding hydrogens is 218 g/mol. The Morgan fingerprint density at radius 1 is 1.24 bits per heavy atom. The van der Waals surface area contributed by atoms with Crippen molar-refractivity contribution in [1.29, 1.82) is 0 Å². The lowest BCUT2D eigenvalue weighted by atomic mass is 10.0. The molecule has 0 aliphatic rings. The predicted octanol–water partition coefficient (Wildman–Crippen LogP) is 2.04. The molecule has 0 amide bonds. The lowest BCUT2D eigenvalue weighted by Gasteiger charge is -2.12. The maximum absolute atomic E-state index is 11.3. The third-order valence-electron chi connectivity index (χ3n) is 2.31. The van der Waals surface area contributed by atoms with Crippen LogP contribution in [0.1, 0.15) is 31.9 Å². The average Bonchev–Trinajstić information content (AvgIpc) is 2.30. The van der Waals surface area contributed by atoms with Crippen molar-refractivity contribution < 1.29 is 14.3 Å². The maximum atomic E-state index is 11.3. The first kappa shape index (κ1) is 13.5. The molecule has 17 heavy (non-hydrogen) atoms. The number of hydrogen-bond acceptors (Lipinski definition) is 4. The Morgan fingerprint density at radius 3 is 2.41 bits per heavy atom. The van der Waals surface area contributed by atoms with Crippen molar-refractivity contribution in [2.45, 2.75) is 26.3 Å². The van der Waals surface area contributed by atoms with Crippen molar-refractivity contribution in [2.24, 2.45) is 5.73 Å². The van der Waals surface area contributed by atoms with Gasteiger partial charge in [-0.2, -0.15) is 0 Å². The largest absolute Gasteiger partial charge is 0.494 e. The van der Waals surface area contributed by atoms with Crippen LogP contribution in [0.25, 0.3) is 0 Å². The third-order valence-corrected chi connectivity index (χ3v) is 2.31. The van der Waals surface area contributed by atoms with Gasteiger partial charge in [-0.15, -0.1) is 0 Å². The monoisotopic (exact) mass is 237 g/mol. The van der Waals surface area contributed by atoms with Crippen LogP contribution in [-0.4, -0.2) is 19.2 Å². The highest BCUT2D eigenvalue weighted by Gasteiger charge is 2.12. The molecule has 0 fully saturated rings. The molecule has 1 aromatic carbocycles. The van der Waals surface area contributed by atoms with Gasteiger partial charge in [-0.1, -0.05) is 12.1 Å². The van der Waals surface area contributed by atoms with E-state index in [9.17, 15) is 4.79 Å². The molecule has 0 radical (unpaired) electrons. The SMILES string of the molecule is CCOC(=O)C[C@H](N)c1ccc(OCC)cc1. The number of nitrogens with two attached hydrogens (primary N) is 1. The summed E-state index contributed by atoms with van der Waals surface area (Å²) in [7, 11) is 0. The molecule has 1 rings (SSSR count). The zero-order valence-corrected chi connectivity index (χ0v) is 10.3. The molecule has 0 spiro atoms. The number of hydrogen-bond donors (Lipinski definition) is 1. The van der Waals surface area contributed by atoms with Gasteiger partial charge in [0.05, 0.1) is 19.6 Å². The Labute approximate surface area is 102 Å². The van der Waals surface area contributed by atoms with Crippen LogP contribution in [0, 0.1) is 0 Å². The standard InChI is InChI=1S/C13H19NO3/c1-3-16-11-7-5-10(6-8-11)12(14)9-13(15)17-4-2/h5-8,12H,3-4,9,14H2,1-2H3/t12-/m0/s1. The van der Waals surface area contributed by atoms with Crippen LogP contribution in [0.4, 0.5) is 0 Å². The Kier molecular flexibility index (Phi) is 5.49. The van der Waals surface area contributed by atoms with Crippen molar-refractivity contribution in [2.75, 3.05) is 13.2 Å². The molecule has 4 nitrogen and oxygen atoms in total. The van der Waals surface area contributed by atoms with Gasteiger partial charge >= 0.3 is 5.97 Å². The predicted molar refractivity (Wildman–Crippen MR) is 65.8 cm³/mol. The van der Waals surface area contributed by atoms with Crippen molar-refractivity contribution >= 4 is 5.97 Å². The second kappa shape index (κ2) is 6.91. The number of rotatable bonds is 6. The summed E-state index contributed by atoms with van der Waals surface area (Å²) in [6.07, 6.45) is 0.196. The first-order valence-electron chi connectivity index (χ1n) is 5.81. The smallest absolute Gasteiger partial charge is 0.307 e. The minimum Gasteiger partial charge on any atom is -0.494 e. The Morgan fingerprint density at radius 2 is 1.88 bits per heavy atom. The lowest BCUT2D eigenvalue weighted by molar-refractivity contribution is -0.143. The van der Waals surface area contributed by atoms with Gasteiger partial charge < -0.3 is 15.2 Å². The summed E-state index contributed by atoms with van der Waals surface area (Å²) in [6, 6.07) is 7.11. The molecule has 0 bridgehead atoms. The Hall–Kier alpha value is -1.55. The quantitative estimate of drug-likeness (QED) is 0.769. The van der Waals surface area contributed by atoms with Crippen LogP contribution in [-0.2, 0) is 9.53 Å². The molecule has 2 N–H and O–H groups in total. The van der Waals surface area contributed by atoms with Crippen LogP contribution in [0.2, 0.25) is 0 Å². The van der Waals surface area contributed by atoms with E-state index in [0.717, 1.165) is 11.3 Å². The van der Waals surface area contributed by atoms with Crippen LogP contribution in [0.15, 0.2) is 24.3 Å². The van der Waals surface area contributed by atoms with Gasteiger partial charge in [-0.25, -0.2) is 0 Å². The number of esters is 1. The molecular formula is C13H19NO3. The fourth-order valence-electron chi connectivity index (χ4n) is 1.50. The summed E-state index contributed by atoms with van der Waals surface area (Å²) in [5, 5.41) is 0. The van der Waals surface area contributed by atoms with Gasteiger partial charge in [0, 0.05) is 6.04 Å². The fraction of sp³-hybridized carbons (Fsp3) is 0.462. The summed E-state index contributed by atoms with van der Waals surface area (Å²) in [5.74, 6) is 0.536. The molecule has 4 heteroatoms. The van der Waals surface area contributed by atoms with E-state index in [1.54, 1.807) is 6.92 Å². The first-order chi connectivity index (χ1) is 8.17. The van der Waals surface area contributed by atoms with Crippen molar-refractivity contribution in [3.05, 3.63) is 29.8 Å². The van der Waals surface area contributed by atoms with Gasteiger partial charge in [0.15, 0.2) is 0 Å². The van der Waals surface area contributed by atoms with Crippen molar-refractivity contribution in [3.8, 4) is 5.75 Å². The molecule has 1 atom stereocenters. The van der Waals surface area contributed by atoms with Gasteiger partial charge in [0.2, 0.25) is 0 Å². The van der Waals surface area contributed by atoms with Crippen LogP contribution < -0.4 is 10.5 Å². The highest BCUT2D eigenvalue weighted by molar-refractivity contribution is 5.70. The molecule has 0 aliphatic heterocycles. The minimum atomic E-state index is -0.329. The van der Waals surface area contributed by atoms with Crippen LogP contribution >= 0.6 is 0 Å². The molecule has 0 unspecified atom stereocenters. The summed E-state index contributed by atoms with van der Waals surface area (Å²) in [4.78, 5) is 11.3.